The number of aliphatic hydroxyl groups excluding tert-OH is 1. The number of ether oxygens (including phenoxy) is 1. The molecule has 0 aromatic rings. The average molecular weight is 245 g/mol. The van der Waals surface area contributed by atoms with Crippen LogP contribution in [0.3, 0.4) is 0 Å². The number of carbonyl (C=O) groups excluding carboxylic acids is 1. The van der Waals surface area contributed by atoms with Gasteiger partial charge in [-0.15, -0.1) is 0 Å². The zero-order valence-electron chi connectivity index (χ0n) is 11.4. The normalized spacial score (nSPS) is 11.2. The molecule has 0 heterocycles. The van der Waals surface area contributed by atoms with E-state index in [0.717, 1.165) is 25.7 Å². The molecule has 0 aromatic carbocycles. The van der Waals surface area contributed by atoms with Crippen molar-refractivity contribution in [1.29, 1.82) is 0 Å². The first kappa shape index (κ1) is 16.4. The van der Waals surface area contributed by atoms with Crippen molar-refractivity contribution in [2.24, 2.45) is 0 Å². The van der Waals surface area contributed by atoms with E-state index in [1.165, 1.54) is 0 Å². The molecule has 4 heteroatoms. The summed E-state index contributed by atoms with van der Waals surface area (Å²) >= 11 is 0. The third-order valence-electron chi connectivity index (χ3n) is 2.94. The van der Waals surface area contributed by atoms with Crippen molar-refractivity contribution >= 4 is 5.97 Å². The minimum Gasteiger partial charge on any atom is -0.465 e. The van der Waals surface area contributed by atoms with Crippen LogP contribution in [-0.2, 0) is 9.53 Å². The van der Waals surface area contributed by atoms with E-state index in [0.29, 0.717) is 19.2 Å². The van der Waals surface area contributed by atoms with Gasteiger partial charge in [0.05, 0.1) is 19.8 Å². The second-order valence-corrected chi connectivity index (χ2v) is 4.24. The van der Waals surface area contributed by atoms with Gasteiger partial charge in [0.1, 0.15) is 0 Å². The van der Waals surface area contributed by atoms with Crippen molar-refractivity contribution in [2.45, 2.75) is 52.5 Å². The SMILES string of the molecule is CCCCOC(=O)CN(CCO)C(CC)CC. The molecule has 0 aromatic heterocycles. The lowest BCUT2D eigenvalue weighted by atomic mass is 10.1. The minimum atomic E-state index is -0.182. The number of esters is 1. The van der Waals surface area contributed by atoms with E-state index in [1.807, 2.05) is 4.90 Å². The summed E-state index contributed by atoms with van der Waals surface area (Å²) < 4.78 is 5.14. The number of hydrogen-bond acceptors (Lipinski definition) is 4. The summed E-state index contributed by atoms with van der Waals surface area (Å²) in [6, 6.07) is 0.348. The maximum atomic E-state index is 11.6. The molecule has 0 radical (unpaired) electrons. The monoisotopic (exact) mass is 245 g/mol. The molecule has 0 amide bonds. The number of aliphatic hydroxyl groups is 1. The highest BCUT2D eigenvalue weighted by Gasteiger charge is 2.18. The van der Waals surface area contributed by atoms with E-state index in [9.17, 15) is 4.79 Å². The van der Waals surface area contributed by atoms with Crippen LogP contribution >= 0.6 is 0 Å². The number of hydrogen-bond donors (Lipinski definition) is 1. The highest BCUT2D eigenvalue weighted by Crippen LogP contribution is 2.08. The largest absolute Gasteiger partial charge is 0.465 e. The fourth-order valence-electron chi connectivity index (χ4n) is 1.87. The van der Waals surface area contributed by atoms with Crippen molar-refractivity contribution in [3.05, 3.63) is 0 Å². The Bertz CT molecular complexity index is 193. The molecule has 0 fully saturated rings. The van der Waals surface area contributed by atoms with E-state index in [1.54, 1.807) is 0 Å². The molecule has 4 nitrogen and oxygen atoms in total. The second-order valence-electron chi connectivity index (χ2n) is 4.24. The molecule has 0 aliphatic carbocycles. The summed E-state index contributed by atoms with van der Waals surface area (Å²) in [4.78, 5) is 13.6. The van der Waals surface area contributed by atoms with Crippen LogP contribution in [0.4, 0.5) is 0 Å². The molecule has 17 heavy (non-hydrogen) atoms. The van der Waals surface area contributed by atoms with Crippen LogP contribution in [-0.4, -0.2) is 48.3 Å². The van der Waals surface area contributed by atoms with Crippen LogP contribution in [0, 0.1) is 0 Å². The molecule has 0 spiro atoms. The van der Waals surface area contributed by atoms with Gasteiger partial charge in [-0.1, -0.05) is 27.2 Å². The number of rotatable bonds is 10. The van der Waals surface area contributed by atoms with E-state index < -0.39 is 0 Å². The highest BCUT2D eigenvalue weighted by atomic mass is 16.5. The number of unbranched alkanes of at least 4 members (excludes halogenated alkanes) is 1. The van der Waals surface area contributed by atoms with E-state index >= 15 is 0 Å². The summed E-state index contributed by atoms with van der Waals surface area (Å²) in [5.41, 5.74) is 0. The van der Waals surface area contributed by atoms with Crippen molar-refractivity contribution in [2.75, 3.05) is 26.3 Å². The van der Waals surface area contributed by atoms with E-state index in [-0.39, 0.29) is 19.1 Å². The molecular formula is C13H27NO3. The lowest BCUT2D eigenvalue weighted by Crippen LogP contribution is -2.40. The molecule has 0 rings (SSSR count). The maximum absolute atomic E-state index is 11.6. The van der Waals surface area contributed by atoms with Gasteiger partial charge in [-0.2, -0.15) is 0 Å². The fraction of sp³-hybridized carbons (Fsp3) is 0.923. The van der Waals surface area contributed by atoms with Crippen LogP contribution < -0.4 is 0 Å². The molecule has 0 saturated carbocycles. The van der Waals surface area contributed by atoms with Gasteiger partial charge in [0, 0.05) is 12.6 Å². The summed E-state index contributed by atoms with van der Waals surface area (Å²) in [6.07, 6.45) is 3.91. The predicted molar refractivity (Wildman–Crippen MR) is 68.9 cm³/mol. The quantitative estimate of drug-likeness (QED) is 0.471. The van der Waals surface area contributed by atoms with Crippen LogP contribution in [0.15, 0.2) is 0 Å². The summed E-state index contributed by atoms with van der Waals surface area (Å²) in [5, 5.41) is 9.01. The number of carbonyl (C=O) groups is 1. The minimum absolute atomic E-state index is 0.0821. The second kappa shape index (κ2) is 10.5. The topological polar surface area (TPSA) is 49.8 Å². The molecule has 1 N–H and O–H groups in total. The first-order chi connectivity index (χ1) is 8.19. The van der Waals surface area contributed by atoms with Crippen molar-refractivity contribution in [3.63, 3.8) is 0 Å². The van der Waals surface area contributed by atoms with Gasteiger partial charge < -0.3 is 9.84 Å². The van der Waals surface area contributed by atoms with Gasteiger partial charge >= 0.3 is 5.97 Å². The molecule has 0 saturated heterocycles. The summed E-state index contributed by atoms with van der Waals surface area (Å²) in [5.74, 6) is -0.182. The first-order valence-electron chi connectivity index (χ1n) is 6.70. The standard InChI is InChI=1S/C13H27NO3/c1-4-7-10-17-13(16)11-14(8-9-15)12(5-2)6-3/h12,15H,4-11H2,1-3H3. The average Bonchev–Trinajstić information content (AvgIpc) is 2.31. The van der Waals surface area contributed by atoms with Crippen LogP contribution in [0.25, 0.3) is 0 Å². The third kappa shape index (κ3) is 7.34. The molecule has 0 atom stereocenters. The Kier molecular flexibility index (Phi) is 10.2. The molecule has 102 valence electrons. The van der Waals surface area contributed by atoms with Gasteiger partial charge in [-0.3, -0.25) is 9.69 Å². The maximum Gasteiger partial charge on any atom is 0.320 e. The van der Waals surface area contributed by atoms with Crippen molar-refractivity contribution < 1.29 is 14.6 Å². The van der Waals surface area contributed by atoms with Crippen LogP contribution in [0.1, 0.15) is 46.5 Å². The highest BCUT2D eigenvalue weighted by molar-refractivity contribution is 5.71. The number of nitrogens with zero attached hydrogens (tertiary/aromatic N) is 1. The molecule has 0 unspecified atom stereocenters. The van der Waals surface area contributed by atoms with Crippen LogP contribution in [0.2, 0.25) is 0 Å². The third-order valence-corrected chi connectivity index (χ3v) is 2.94. The Balaban J connectivity index is 4.09. The van der Waals surface area contributed by atoms with Crippen molar-refractivity contribution in [3.8, 4) is 0 Å². The van der Waals surface area contributed by atoms with Crippen LogP contribution in [0.5, 0.6) is 0 Å². The first-order valence-corrected chi connectivity index (χ1v) is 6.70. The lowest BCUT2D eigenvalue weighted by Gasteiger charge is -2.28. The summed E-state index contributed by atoms with van der Waals surface area (Å²) in [6.45, 7) is 7.67. The van der Waals surface area contributed by atoms with Gasteiger partial charge in [0.25, 0.3) is 0 Å². The predicted octanol–water partition coefficient (Wildman–Crippen LogP) is 1.81. The molecule has 0 aliphatic heterocycles. The smallest absolute Gasteiger partial charge is 0.320 e. The molecule has 0 bridgehead atoms. The zero-order valence-corrected chi connectivity index (χ0v) is 11.4. The van der Waals surface area contributed by atoms with Gasteiger partial charge in [-0.05, 0) is 19.3 Å². The zero-order chi connectivity index (χ0) is 13.1. The Labute approximate surface area is 105 Å². The fourth-order valence-corrected chi connectivity index (χ4v) is 1.87. The molecular weight excluding hydrogens is 218 g/mol. The lowest BCUT2D eigenvalue weighted by molar-refractivity contribution is -0.145. The molecule has 0 aliphatic rings. The van der Waals surface area contributed by atoms with Gasteiger partial charge in [0.2, 0.25) is 0 Å². The Morgan fingerprint density at radius 3 is 2.41 bits per heavy atom. The summed E-state index contributed by atoms with van der Waals surface area (Å²) in [7, 11) is 0. The Morgan fingerprint density at radius 1 is 1.29 bits per heavy atom. The Hall–Kier alpha value is -0.610. The van der Waals surface area contributed by atoms with Crippen molar-refractivity contribution in [1.82, 2.24) is 4.90 Å². The van der Waals surface area contributed by atoms with E-state index in [4.69, 9.17) is 9.84 Å². The van der Waals surface area contributed by atoms with Gasteiger partial charge in [-0.25, -0.2) is 0 Å². The van der Waals surface area contributed by atoms with E-state index in [2.05, 4.69) is 20.8 Å². The Morgan fingerprint density at radius 2 is 1.94 bits per heavy atom. The van der Waals surface area contributed by atoms with Gasteiger partial charge in [0.15, 0.2) is 0 Å².